The third-order valence-corrected chi connectivity index (χ3v) is 6.82. The van der Waals surface area contributed by atoms with Gasteiger partial charge in [-0.05, 0) is 58.7 Å². The van der Waals surface area contributed by atoms with Gasteiger partial charge in [0.2, 0.25) is 0 Å². The summed E-state index contributed by atoms with van der Waals surface area (Å²) in [6.07, 6.45) is -1.22. The summed E-state index contributed by atoms with van der Waals surface area (Å²) < 4.78 is 0. The molecule has 5 rings (SSSR count). The molecule has 0 aromatic heterocycles. The Bertz CT molecular complexity index is 1430. The minimum Gasteiger partial charge on any atom is -0.508 e. The molecular formula is C28H24O8. The van der Waals surface area contributed by atoms with Gasteiger partial charge in [0.05, 0.1) is 6.10 Å². The summed E-state index contributed by atoms with van der Waals surface area (Å²) in [6.45, 7) is 0. The zero-order valence-electron chi connectivity index (χ0n) is 18.8. The molecule has 8 heteroatoms. The maximum Gasteiger partial charge on any atom is 0.123 e. The SMILES string of the molecule is Oc1ccc([C@@H](O)[C@@H]2c3cc(O)cc(O)c3[C@H](c3cc(O)cc(O)c3)[C@H]2c2ccc(O)cc2O)cc1. The van der Waals surface area contributed by atoms with Crippen LogP contribution >= 0.6 is 0 Å². The summed E-state index contributed by atoms with van der Waals surface area (Å²) in [5.74, 6) is -3.76. The molecule has 0 amide bonds. The van der Waals surface area contributed by atoms with Crippen molar-refractivity contribution in [2.45, 2.75) is 23.9 Å². The normalized spacial score (nSPS) is 19.6. The van der Waals surface area contributed by atoms with Crippen LogP contribution < -0.4 is 0 Å². The molecule has 1 aliphatic rings. The Balaban J connectivity index is 1.81. The van der Waals surface area contributed by atoms with E-state index < -0.39 is 23.9 Å². The Kier molecular flexibility index (Phi) is 5.53. The Morgan fingerprint density at radius 1 is 0.528 bits per heavy atom. The molecule has 8 nitrogen and oxygen atoms in total. The molecule has 0 radical (unpaired) electrons. The minimum absolute atomic E-state index is 0.00824. The van der Waals surface area contributed by atoms with Crippen molar-refractivity contribution < 1.29 is 40.9 Å². The van der Waals surface area contributed by atoms with Gasteiger partial charge in [-0.1, -0.05) is 18.2 Å². The van der Waals surface area contributed by atoms with Crippen LogP contribution in [0.4, 0.5) is 0 Å². The zero-order chi connectivity index (χ0) is 25.7. The van der Waals surface area contributed by atoms with Gasteiger partial charge < -0.3 is 40.9 Å². The zero-order valence-corrected chi connectivity index (χ0v) is 18.8. The molecule has 0 fully saturated rings. The lowest BCUT2D eigenvalue weighted by molar-refractivity contribution is 0.134. The highest BCUT2D eigenvalue weighted by molar-refractivity contribution is 5.62. The van der Waals surface area contributed by atoms with Gasteiger partial charge in [-0.15, -0.1) is 0 Å². The van der Waals surface area contributed by atoms with E-state index in [2.05, 4.69) is 0 Å². The molecular weight excluding hydrogens is 464 g/mol. The quantitative estimate of drug-likeness (QED) is 0.210. The molecule has 36 heavy (non-hydrogen) atoms. The number of aliphatic hydroxyl groups excluding tert-OH is 1. The van der Waals surface area contributed by atoms with Crippen molar-refractivity contribution >= 4 is 0 Å². The summed E-state index contributed by atoms with van der Waals surface area (Å²) in [6, 6.07) is 16.6. The van der Waals surface area contributed by atoms with Crippen LogP contribution in [0.2, 0.25) is 0 Å². The molecule has 0 aliphatic heterocycles. The first kappa shape index (κ1) is 23.2. The first-order valence-electron chi connectivity index (χ1n) is 11.2. The number of aromatic hydroxyl groups is 7. The average molecular weight is 488 g/mol. The van der Waals surface area contributed by atoms with Crippen LogP contribution in [0.3, 0.4) is 0 Å². The molecule has 4 aromatic rings. The predicted octanol–water partition coefficient (Wildman–Crippen LogP) is 4.37. The fourth-order valence-electron chi connectivity index (χ4n) is 5.44. The van der Waals surface area contributed by atoms with Crippen molar-refractivity contribution in [3.63, 3.8) is 0 Å². The van der Waals surface area contributed by atoms with Crippen LogP contribution in [-0.4, -0.2) is 40.9 Å². The van der Waals surface area contributed by atoms with Crippen molar-refractivity contribution in [3.8, 4) is 40.2 Å². The van der Waals surface area contributed by atoms with Crippen molar-refractivity contribution in [1.29, 1.82) is 0 Å². The molecule has 184 valence electrons. The third kappa shape index (κ3) is 3.87. The molecule has 0 unspecified atom stereocenters. The molecule has 0 spiro atoms. The van der Waals surface area contributed by atoms with Gasteiger partial charge in [-0.3, -0.25) is 0 Å². The molecule has 4 aromatic carbocycles. The molecule has 4 atom stereocenters. The topological polar surface area (TPSA) is 162 Å². The van der Waals surface area contributed by atoms with Gasteiger partial charge >= 0.3 is 0 Å². The van der Waals surface area contributed by atoms with E-state index in [-0.39, 0.29) is 40.2 Å². The number of phenolic OH excluding ortho intramolecular Hbond substituents is 7. The van der Waals surface area contributed by atoms with Crippen LogP contribution in [0, 0.1) is 0 Å². The number of hydrogen-bond acceptors (Lipinski definition) is 8. The largest absolute Gasteiger partial charge is 0.508 e. The van der Waals surface area contributed by atoms with Gasteiger partial charge in [0.15, 0.2) is 0 Å². The van der Waals surface area contributed by atoms with Crippen LogP contribution in [0.15, 0.2) is 72.8 Å². The molecule has 0 bridgehead atoms. The Labute approximate surface area is 205 Å². The van der Waals surface area contributed by atoms with Gasteiger partial charge in [0.1, 0.15) is 40.2 Å². The second kappa shape index (κ2) is 8.58. The van der Waals surface area contributed by atoms with Crippen LogP contribution in [0.5, 0.6) is 40.2 Å². The van der Waals surface area contributed by atoms with E-state index in [1.807, 2.05) is 0 Å². The van der Waals surface area contributed by atoms with Crippen molar-refractivity contribution in [2.75, 3.05) is 0 Å². The first-order valence-corrected chi connectivity index (χ1v) is 11.2. The molecule has 0 saturated carbocycles. The van der Waals surface area contributed by atoms with Crippen LogP contribution in [-0.2, 0) is 0 Å². The van der Waals surface area contributed by atoms with Crippen molar-refractivity contribution in [2.24, 2.45) is 0 Å². The molecule has 8 N–H and O–H groups in total. The number of phenols is 7. The number of rotatable bonds is 4. The second-order valence-corrected chi connectivity index (χ2v) is 9.06. The monoisotopic (exact) mass is 488 g/mol. The number of aliphatic hydroxyl groups is 1. The molecule has 0 saturated heterocycles. The van der Waals surface area contributed by atoms with Crippen molar-refractivity contribution in [1.82, 2.24) is 0 Å². The predicted molar refractivity (Wildman–Crippen MR) is 130 cm³/mol. The Hall–Kier alpha value is -4.56. The highest BCUT2D eigenvalue weighted by Crippen LogP contribution is 2.62. The first-order chi connectivity index (χ1) is 17.1. The van der Waals surface area contributed by atoms with Gasteiger partial charge in [-0.2, -0.15) is 0 Å². The van der Waals surface area contributed by atoms with Gasteiger partial charge in [0, 0.05) is 41.5 Å². The highest BCUT2D eigenvalue weighted by Gasteiger charge is 2.48. The summed E-state index contributed by atoms with van der Waals surface area (Å²) in [7, 11) is 0. The molecule has 0 heterocycles. The van der Waals surface area contributed by atoms with Crippen molar-refractivity contribution in [3.05, 3.63) is 101 Å². The Morgan fingerprint density at radius 3 is 1.75 bits per heavy atom. The van der Waals surface area contributed by atoms with E-state index in [1.54, 1.807) is 12.1 Å². The summed E-state index contributed by atoms with van der Waals surface area (Å²) in [5, 5.41) is 83.8. The maximum absolute atomic E-state index is 11.6. The maximum atomic E-state index is 11.6. The number of fused-ring (bicyclic) bond motifs is 1. The fraction of sp³-hybridized carbons (Fsp3) is 0.143. The van der Waals surface area contributed by atoms with E-state index in [0.717, 1.165) is 18.2 Å². The van der Waals surface area contributed by atoms with Gasteiger partial charge in [-0.25, -0.2) is 0 Å². The summed E-state index contributed by atoms with van der Waals surface area (Å²) >= 11 is 0. The highest BCUT2D eigenvalue weighted by atomic mass is 16.3. The lowest BCUT2D eigenvalue weighted by atomic mass is 9.74. The van der Waals surface area contributed by atoms with E-state index in [9.17, 15) is 40.9 Å². The van der Waals surface area contributed by atoms with Crippen LogP contribution in [0.25, 0.3) is 0 Å². The lowest BCUT2D eigenvalue weighted by Gasteiger charge is -2.30. The van der Waals surface area contributed by atoms with E-state index in [0.29, 0.717) is 27.8 Å². The number of benzene rings is 4. The average Bonchev–Trinajstić information content (AvgIpc) is 3.13. The Morgan fingerprint density at radius 2 is 1.11 bits per heavy atom. The third-order valence-electron chi connectivity index (χ3n) is 6.82. The standard InChI is InChI=1S/C28H24O8/c29-15-3-1-13(2-4-15)28(36)27-21-10-19(33)12-23(35)25(21)24(14-7-17(31)9-18(32)8-14)26(27)20-6-5-16(30)11-22(20)34/h1-12,24,26-36H/t24-,26+,27+,28+/m0/s1. The number of hydrogen-bond donors (Lipinski definition) is 8. The minimum atomic E-state index is -1.22. The van der Waals surface area contributed by atoms with Crippen LogP contribution in [0.1, 0.15) is 51.7 Å². The smallest absolute Gasteiger partial charge is 0.123 e. The summed E-state index contributed by atoms with van der Waals surface area (Å²) in [4.78, 5) is 0. The second-order valence-electron chi connectivity index (χ2n) is 9.06. The fourth-order valence-corrected chi connectivity index (χ4v) is 5.44. The van der Waals surface area contributed by atoms with E-state index in [4.69, 9.17) is 0 Å². The lowest BCUT2D eigenvalue weighted by Crippen LogP contribution is -2.18. The summed E-state index contributed by atoms with van der Waals surface area (Å²) in [5.41, 5.74) is 1.91. The van der Waals surface area contributed by atoms with E-state index >= 15 is 0 Å². The van der Waals surface area contributed by atoms with E-state index in [1.165, 1.54) is 42.5 Å². The molecule has 1 aliphatic carbocycles. The van der Waals surface area contributed by atoms with Gasteiger partial charge in [0.25, 0.3) is 0 Å².